The van der Waals surface area contributed by atoms with Gasteiger partial charge in [0.25, 0.3) is 0 Å². The molecule has 1 aliphatic rings. The fourth-order valence-electron chi connectivity index (χ4n) is 5.62. The molecule has 3 aromatic rings. The maximum atomic E-state index is 14.5. The number of aliphatic hydroxyl groups is 1. The van der Waals surface area contributed by atoms with E-state index in [1.807, 2.05) is 30.3 Å². The van der Waals surface area contributed by atoms with Gasteiger partial charge in [-0.25, -0.2) is 9.18 Å². The third-order valence-electron chi connectivity index (χ3n) is 7.87. The predicted molar refractivity (Wildman–Crippen MR) is 155 cm³/mol. The van der Waals surface area contributed by atoms with Crippen molar-refractivity contribution in [2.24, 2.45) is 0 Å². The zero-order valence-corrected chi connectivity index (χ0v) is 23.4. The fourth-order valence-corrected chi connectivity index (χ4v) is 5.62. The Bertz CT molecular complexity index is 1240. The standard InChI is InChI=1S/C33H41FN2O4/c1-23(2)26-12-9-13-27(19-26)33(14-7-4-8-15-33)35-21-31(37)30(36-32(38)39)18-25-16-28(34)20-29(17-25)40-22-24-10-5-3-6-11-24/h3,5-6,9-13,16-17,19-20,23,30-31,35-37H,4,7-8,14-15,18,21-22H2,1-2H3,(H,38,39)/t30-,31-/m0/s1. The summed E-state index contributed by atoms with van der Waals surface area (Å²) in [5.41, 5.74) is 3.69. The van der Waals surface area contributed by atoms with E-state index in [0.29, 0.717) is 17.2 Å². The van der Waals surface area contributed by atoms with Crippen LogP contribution in [0.4, 0.5) is 9.18 Å². The average molecular weight is 549 g/mol. The van der Waals surface area contributed by atoms with E-state index in [2.05, 4.69) is 48.7 Å². The van der Waals surface area contributed by atoms with E-state index in [-0.39, 0.29) is 25.1 Å². The van der Waals surface area contributed by atoms with Gasteiger partial charge in [0, 0.05) is 18.2 Å². The second-order valence-electron chi connectivity index (χ2n) is 11.2. The molecule has 0 bridgehead atoms. The first-order chi connectivity index (χ1) is 19.2. The normalized spacial score (nSPS) is 16.3. The summed E-state index contributed by atoms with van der Waals surface area (Å²) < 4.78 is 20.3. The lowest BCUT2D eigenvalue weighted by molar-refractivity contribution is 0.100. The van der Waals surface area contributed by atoms with Crippen molar-refractivity contribution >= 4 is 6.09 Å². The predicted octanol–water partition coefficient (Wildman–Crippen LogP) is 6.52. The number of nitrogens with one attached hydrogen (secondary N) is 2. The van der Waals surface area contributed by atoms with Crippen molar-refractivity contribution < 1.29 is 24.1 Å². The Kier molecular flexibility index (Phi) is 10.2. The fraction of sp³-hybridized carbons (Fsp3) is 0.424. The molecule has 6 nitrogen and oxygen atoms in total. The van der Waals surface area contributed by atoms with Gasteiger partial charge in [0.15, 0.2) is 0 Å². The number of carbonyl (C=O) groups is 1. The van der Waals surface area contributed by atoms with Gasteiger partial charge in [-0.1, -0.05) is 87.7 Å². The van der Waals surface area contributed by atoms with E-state index in [4.69, 9.17) is 4.74 Å². The maximum Gasteiger partial charge on any atom is 0.404 e. The van der Waals surface area contributed by atoms with Crippen molar-refractivity contribution in [3.63, 3.8) is 0 Å². The molecule has 4 rings (SSSR count). The van der Waals surface area contributed by atoms with Gasteiger partial charge in [-0.2, -0.15) is 0 Å². The van der Waals surface area contributed by atoms with Crippen LogP contribution < -0.4 is 15.4 Å². The van der Waals surface area contributed by atoms with Crippen LogP contribution in [0.2, 0.25) is 0 Å². The molecule has 7 heteroatoms. The summed E-state index contributed by atoms with van der Waals surface area (Å²) in [5, 5.41) is 26.8. The Hall–Kier alpha value is -3.42. The molecule has 1 fully saturated rings. The number of rotatable bonds is 12. The lowest BCUT2D eigenvalue weighted by Crippen LogP contribution is -2.53. The van der Waals surface area contributed by atoms with Crippen molar-refractivity contribution in [1.29, 1.82) is 0 Å². The Morgan fingerprint density at radius 3 is 2.42 bits per heavy atom. The summed E-state index contributed by atoms with van der Waals surface area (Å²) >= 11 is 0. The quantitative estimate of drug-likeness (QED) is 0.207. The van der Waals surface area contributed by atoms with Crippen LogP contribution in [0.3, 0.4) is 0 Å². The molecule has 0 unspecified atom stereocenters. The number of hydrogen-bond acceptors (Lipinski definition) is 4. The molecule has 1 aliphatic carbocycles. The maximum absolute atomic E-state index is 14.5. The van der Waals surface area contributed by atoms with Gasteiger partial charge >= 0.3 is 6.09 Å². The lowest BCUT2D eigenvalue weighted by atomic mass is 9.75. The molecule has 0 saturated heterocycles. The summed E-state index contributed by atoms with van der Waals surface area (Å²) in [6, 6.07) is 21.7. The molecule has 4 N–H and O–H groups in total. The van der Waals surface area contributed by atoms with Gasteiger partial charge in [0.05, 0.1) is 12.1 Å². The van der Waals surface area contributed by atoms with E-state index >= 15 is 0 Å². The van der Waals surface area contributed by atoms with E-state index < -0.39 is 24.1 Å². The molecule has 0 aliphatic heterocycles. The molecule has 2 atom stereocenters. The van der Waals surface area contributed by atoms with Crippen molar-refractivity contribution in [2.45, 2.75) is 82.6 Å². The molecule has 0 heterocycles. The minimum absolute atomic E-state index is 0.116. The monoisotopic (exact) mass is 548 g/mol. The molecular weight excluding hydrogens is 507 g/mol. The summed E-state index contributed by atoms with van der Waals surface area (Å²) in [5.74, 6) is 0.281. The zero-order valence-electron chi connectivity index (χ0n) is 23.4. The van der Waals surface area contributed by atoms with Gasteiger partial charge in [0.1, 0.15) is 18.2 Å². The van der Waals surface area contributed by atoms with Crippen LogP contribution in [-0.2, 0) is 18.6 Å². The summed E-state index contributed by atoms with van der Waals surface area (Å²) in [6.07, 6.45) is 3.09. The number of aliphatic hydroxyl groups excluding tert-OH is 1. The Morgan fingerprint density at radius 2 is 1.73 bits per heavy atom. The molecule has 0 aromatic heterocycles. The highest BCUT2D eigenvalue weighted by molar-refractivity contribution is 5.65. The van der Waals surface area contributed by atoms with Gasteiger partial charge in [-0.15, -0.1) is 0 Å². The largest absolute Gasteiger partial charge is 0.489 e. The molecule has 0 spiro atoms. The second kappa shape index (κ2) is 13.8. The Labute approximate surface area is 236 Å². The zero-order chi connectivity index (χ0) is 28.5. The van der Waals surface area contributed by atoms with Crippen LogP contribution >= 0.6 is 0 Å². The Balaban J connectivity index is 1.48. The summed E-state index contributed by atoms with van der Waals surface area (Å²) in [4.78, 5) is 11.6. The number of carboxylic acid groups (broad SMARTS) is 1. The molecule has 1 amide bonds. The van der Waals surface area contributed by atoms with E-state index in [1.165, 1.54) is 29.7 Å². The van der Waals surface area contributed by atoms with Crippen LogP contribution in [0, 0.1) is 5.82 Å². The van der Waals surface area contributed by atoms with Crippen LogP contribution in [0.15, 0.2) is 72.8 Å². The van der Waals surface area contributed by atoms with Gasteiger partial charge in [0.2, 0.25) is 0 Å². The molecule has 3 aromatic carbocycles. The molecule has 214 valence electrons. The first kappa shape index (κ1) is 29.6. The van der Waals surface area contributed by atoms with Crippen LogP contribution in [0.25, 0.3) is 0 Å². The highest BCUT2D eigenvalue weighted by Gasteiger charge is 2.35. The first-order valence-electron chi connectivity index (χ1n) is 14.2. The average Bonchev–Trinajstić information content (AvgIpc) is 2.95. The number of halogens is 1. The van der Waals surface area contributed by atoms with Crippen LogP contribution in [-0.4, -0.2) is 35.0 Å². The van der Waals surface area contributed by atoms with Gasteiger partial charge < -0.3 is 25.6 Å². The number of amides is 1. The molecule has 0 radical (unpaired) electrons. The minimum Gasteiger partial charge on any atom is -0.489 e. The molecular formula is C33H41FN2O4. The smallest absolute Gasteiger partial charge is 0.404 e. The van der Waals surface area contributed by atoms with E-state index in [9.17, 15) is 19.4 Å². The van der Waals surface area contributed by atoms with Crippen molar-refractivity contribution in [3.8, 4) is 5.75 Å². The first-order valence-corrected chi connectivity index (χ1v) is 14.2. The lowest BCUT2D eigenvalue weighted by Gasteiger charge is -2.40. The number of hydrogen-bond donors (Lipinski definition) is 4. The van der Waals surface area contributed by atoms with Crippen molar-refractivity contribution in [3.05, 3.63) is 101 Å². The SMILES string of the molecule is CC(C)c1cccc(C2(NC[C@H](O)[C@H](Cc3cc(F)cc(OCc4ccccc4)c3)NC(=O)O)CCCCC2)c1. The highest BCUT2D eigenvalue weighted by atomic mass is 19.1. The number of benzene rings is 3. The van der Waals surface area contributed by atoms with Crippen LogP contribution in [0.1, 0.15) is 74.1 Å². The second-order valence-corrected chi connectivity index (χ2v) is 11.2. The summed E-state index contributed by atoms with van der Waals surface area (Å²) in [7, 11) is 0. The number of ether oxygens (including phenoxy) is 1. The topological polar surface area (TPSA) is 90.8 Å². The minimum atomic E-state index is -1.24. The van der Waals surface area contributed by atoms with Crippen molar-refractivity contribution in [2.75, 3.05) is 6.54 Å². The Morgan fingerprint density at radius 1 is 0.975 bits per heavy atom. The molecule has 1 saturated carbocycles. The summed E-state index contributed by atoms with van der Waals surface area (Å²) in [6.45, 7) is 4.84. The van der Waals surface area contributed by atoms with E-state index in [1.54, 1.807) is 6.07 Å². The van der Waals surface area contributed by atoms with Gasteiger partial charge in [-0.3, -0.25) is 0 Å². The highest BCUT2D eigenvalue weighted by Crippen LogP contribution is 2.38. The third kappa shape index (κ3) is 8.05. The van der Waals surface area contributed by atoms with E-state index in [0.717, 1.165) is 31.2 Å². The third-order valence-corrected chi connectivity index (χ3v) is 7.87. The van der Waals surface area contributed by atoms with Crippen molar-refractivity contribution in [1.82, 2.24) is 10.6 Å². The van der Waals surface area contributed by atoms with Crippen LogP contribution in [0.5, 0.6) is 5.75 Å². The molecule has 40 heavy (non-hydrogen) atoms. The van der Waals surface area contributed by atoms with Gasteiger partial charge in [-0.05, 0) is 59.6 Å².